The molecule has 4 rings (SSSR count). The Labute approximate surface area is 180 Å². The zero-order valence-electron chi connectivity index (χ0n) is 17.7. The Kier molecular flexibility index (Phi) is 6.52. The van der Waals surface area contributed by atoms with Crippen LogP contribution in [-0.2, 0) is 4.74 Å². The Balaban J connectivity index is 1.74. The maximum atomic E-state index is 13.0. The van der Waals surface area contributed by atoms with Crippen molar-refractivity contribution in [2.75, 3.05) is 26.9 Å². The average molecular weight is 422 g/mol. The van der Waals surface area contributed by atoms with Gasteiger partial charge in [-0.3, -0.25) is 4.79 Å². The fourth-order valence-electron chi connectivity index (χ4n) is 3.54. The normalized spacial score (nSPS) is 16.5. The van der Waals surface area contributed by atoms with Crippen molar-refractivity contribution in [3.8, 4) is 11.5 Å². The van der Waals surface area contributed by atoms with E-state index in [-0.39, 0.29) is 17.6 Å². The number of carbonyl (C=O) groups excluding carboxylic acids is 1. The number of nitrogens with one attached hydrogen (secondary N) is 1. The van der Waals surface area contributed by atoms with E-state index in [2.05, 4.69) is 10.3 Å². The Morgan fingerprint density at radius 3 is 2.77 bits per heavy atom. The maximum absolute atomic E-state index is 13.0. The maximum Gasteiger partial charge on any atom is 0.256 e. The predicted octanol–water partition coefficient (Wildman–Crippen LogP) is 3.98. The van der Waals surface area contributed by atoms with Gasteiger partial charge >= 0.3 is 0 Å². The lowest BCUT2D eigenvalue weighted by Crippen LogP contribution is -2.34. The molecule has 0 saturated carbocycles. The van der Waals surface area contributed by atoms with E-state index in [1.807, 2.05) is 49.4 Å². The number of fused-ring (bicyclic) bond motifs is 1. The van der Waals surface area contributed by atoms with E-state index in [4.69, 9.17) is 18.6 Å². The van der Waals surface area contributed by atoms with Crippen LogP contribution in [0.2, 0.25) is 0 Å². The molecule has 1 N–H and O–H groups in total. The molecule has 1 aromatic heterocycles. The van der Waals surface area contributed by atoms with Gasteiger partial charge in [-0.05, 0) is 56.2 Å². The summed E-state index contributed by atoms with van der Waals surface area (Å²) in [4.78, 5) is 17.6. The van der Waals surface area contributed by atoms with E-state index in [0.717, 1.165) is 30.6 Å². The van der Waals surface area contributed by atoms with Crippen LogP contribution in [0.4, 0.5) is 5.69 Å². The van der Waals surface area contributed by atoms with Crippen LogP contribution in [0.3, 0.4) is 0 Å². The van der Waals surface area contributed by atoms with Crippen LogP contribution in [0.15, 0.2) is 57.9 Å². The largest absolute Gasteiger partial charge is 0.494 e. The molecular weight excluding hydrogens is 396 g/mol. The summed E-state index contributed by atoms with van der Waals surface area (Å²) >= 11 is 0. The summed E-state index contributed by atoms with van der Waals surface area (Å²) in [5.41, 5.74) is 1.75. The van der Waals surface area contributed by atoms with Gasteiger partial charge in [0, 0.05) is 18.5 Å². The Bertz CT molecular complexity index is 1120. The SMILES string of the molecule is CCOc1ccc(N=c2oc3c(OC)cccc3cc2C(=O)NC[C@H]2CCCO2)cc1. The molecule has 1 aliphatic rings. The lowest BCUT2D eigenvalue weighted by atomic mass is 10.1. The van der Waals surface area contributed by atoms with Gasteiger partial charge in [-0.15, -0.1) is 0 Å². The Hall–Kier alpha value is -3.32. The first-order valence-corrected chi connectivity index (χ1v) is 10.5. The highest BCUT2D eigenvalue weighted by molar-refractivity contribution is 5.97. The second-order valence-electron chi connectivity index (χ2n) is 7.23. The monoisotopic (exact) mass is 422 g/mol. The smallest absolute Gasteiger partial charge is 0.256 e. The summed E-state index contributed by atoms with van der Waals surface area (Å²) in [7, 11) is 1.58. The fourth-order valence-corrected chi connectivity index (χ4v) is 3.54. The molecule has 3 aromatic rings. The van der Waals surface area contributed by atoms with Gasteiger partial charge in [0.1, 0.15) is 11.3 Å². The molecule has 0 radical (unpaired) electrons. The summed E-state index contributed by atoms with van der Waals surface area (Å²) in [6, 6.07) is 14.6. The lowest BCUT2D eigenvalue weighted by Gasteiger charge is -2.12. The predicted molar refractivity (Wildman–Crippen MR) is 117 cm³/mol. The molecule has 2 aromatic carbocycles. The number of nitrogens with zero attached hydrogens (tertiary/aromatic N) is 1. The zero-order chi connectivity index (χ0) is 21.6. The quantitative estimate of drug-likeness (QED) is 0.623. The van der Waals surface area contributed by atoms with Crippen LogP contribution in [-0.4, -0.2) is 38.9 Å². The van der Waals surface area contributed by atoms with Crippen molar-refractivity contribution >= 4 is 22.6 Å². The zero-order valence-corrected chi connectivity index (χ0v) is 17.7. The van der Waals surface area contributed by atoms with Crippen molar-refractivity contribution in [2.24, 2.45) is 4.99 Å². The van der Waals surface area contributed by atoms with Crippen LogP contribution in [0, 0.1) is 0 Å². The van der Waals surface area contributed by atoms with Gasteiger partial charge in [0.2, 0.25) is 5.55 Å². The third kappa shape index (κ3) is 4.88. The van der Waals surface area contributed by atoms with Crippen molar-refractivity contribution in [1.82, 2.24) is 5.32 Å². The third-order valence-electron chi connectivity index (χ3n) is 5.10. The van der Waals surface area contributed by atoms with Crippen molar-refractivity contribution < 1.29 is 23.4 Å². The van der Waals surface area contributed by atoms with Crippen molar-refractivity contribution in [2.45, 2.75) is 25.9 Å². The fraction of sp³-hybridized carbons (Fsp3) is 0.333. The van der Waals surface area contributed by atoms with E-state index in [1.165, 1.54) is 0 Å². The molecule has 31 heavy (non-hydrogen) atoms. The van der Waals surface area contributed by atoms with Crippen LogP contribution in [0.5, 0.6) is 11.5 Å². The minimum atomic E-state index is -0.256. The number of carbonyl (C=O) groups is 1. The van der Waals surface area contributed by atoms with Crippen molar-refractivity contribution in [1.29, 1.82) is 0 Å². The second-order valence-corrected chi connectivity index (χ2v) is 7.23. The molecule has 1 fully saturated rings. The van der Waals surface area contributed by atoms with Gasteiger partial charge in [0.15, 0.2) is 11.3 Å². The standard InChI is InChI=1S/C24H26N2O5/c1-3-29-18-11-9-17(10-12-18)26-24-20(23(27)25-15-19-7-5-13-30-19)14-16-6-4-8-21(28-2)22(16)31-24/h4,6,8-12,14,19H,3,5,7,13,15H2,1-2H3,(H,25,27)/t19-/m1/s1. The minimum absolute atomic E-state index is 0.0490. The van der Waals surface area contributed by atoms with Gasteiger partial charge in [-0.2, -0.15) is 0 Å². The van der Waals surface area contributed by atoms with Crippen molar-refractivity contribution in [3.05, 3.63) is 59.6 Å². The van der Waals surface area contributed by atoms with E-state index in [0.29, 0.717) is 35.7 Å². The number of benzene rings is 2. The number of ether oxygens (including phenoxy) is 3. The highest BCUT2D eigenvalue weighted by atomic mass is 16.5. The van der Waals surface area contributed by atoms with Crippen LogP contribution in [0.25, 0.3) is 11.0 Å². The number of amides is 1. The first-order chi connectivity index (χ1) is 15.2. The van der Waals surface area contributed by atoms with Crippen LogP contribution >= 0.6 is 0 Å². The molecule has 2 heterocycles. The minimum Gasteiger partial charge on any atom is -0.494 e. The number of hydrogen-bond donors (Lipinski definition) is 1. The molecule has 7 heteroatoms. The molecule has 1 atom stereocenters. The summed E-state index contributed by atoms with van der Waals surface area (Å²) < 4.78 is 22.6. The first kappa shape index (κ1) is 20.9. The molecule has 0 spiro atoms. The van der Waals surface area contributed by atoms with E-state index < -0.39 is 0 Å². The third-order valence-corrected chi connectivity index (χ3v) is 5.10. The molecule has 1 aliphatic heterocycles. The van der Waals surface area contributed by atoms with E-state index >= 15 is 0 Å². The van der Waals surface area contributed by atoms with Gasteiger partial charge in [-0.25, -0.2) is 4.99 Å². The summed E-state index contributed by atoms with van der Waals surface area (Å²) in [6.45, 7) is 3.72. The average Bonchev–Trinajstić information content (AvgIpc) is 3.32. The molecule has 7 nitrogen and oxygen atoms in total. The van der Waals surface area contributed by atoms with Gasteiger partial charge < -0.3 is 23.9 Å². The number of rotatable bonds is 7. The van der Waals surface area contributed by atoms with E-state index in [1.54, 1.807) is 13.2 Å². The highest BCUT2D eigenvalue weighted by Gasteiger charge is 2.19. The molecular formula is C24H26N2O5. The summed E-state index contributed by atoms with van der Waals surface area (Å²) in [5, 5.41) is 3.71. The topological polar surface area (TPSA) is 82.3 Å². The second kappa shape index (κ2) is 9.66. The summed E-state index contributed by atoms with van der Waals surface area (Å²) in [6.07, 6.45) is 2.01. The lowest BCUT2D eigenvalue weighted by molar-refractivity contribution is 0.0854. The highest BCUT2D eigenvalue weighted by Crippen LogP contribution is 2.25. The number of hydrogen-bond acceptors (Lipinski definition) is 6. The molecule has 162 valence electrons. The molecule has 1 saturated heterocycles. The number of methoxy groups -OCH3 is 1. The van der Waals surface area contributed by atoms with E-state index in [9.17, 15) is 4.79 Å². The molecule has 0 bridgehead atoms. The molecule has 0 unspecified atom stereocenters. The molecule has 1 amide bonds. The number of para-hydroxylation sites is 1. The Morgan fingerprint density at radius 1 is 1.23 bits per heavy atom. The van der Waals surface area contributed by atoms with Crippen molar-refractivity contribution in [3.63, 3.8) is 0 Å². The first-order valence-electron chi connectivity index (χ1n) is 10.5. The van der Waals surface area contributed by atoms with Gasteiger partial charge in [0.25, 0.3) is 5.91 Å². The van der Waals surface area contributed by atoms with Crippen LogP contribution < -0.4 is 20.3 Å². The van der Waals surface area contributed by atoms with Crippen LogP contribution in [0.1, 0.15) is 30.1 Å². The Morgan fingerprint density at radius 2 is 2.06 bits per heavy atom. The van der Waals surface area contributed by atoms with Gasteiger partial charge in [0.05, 0.1) is 25.5 Å². The molecule has 0 aliphatic carbocycles. The van der Waals surface area contributed by atoms with Gasteiger partial charge in [-0.1, -0.05) is 12.1 Å². The summed E-state index contributed by atoms with van der Waals surface area (Å²) in [5.74, 6) is 1.08.